The second kappa shape index (κ2) is 7.70. The number of benzene rings is 1. The maximum atomic E-state index is 12.8. The summed E-state index contributed by atoms with van der Waals surface area (Å²) in [7, 11) is 2.05. The smallest absolute Gasteiger partial charge is 0.293 e. The van der Waals surface area contributed by atoms with Crippen molar-refractivity contribution in [3.8, 4) is 0 Å². The van der Waals surface area contributed by atoms with Crippen molar-refractivity contribution in [2.75, 3.05) is 38.1 Å². The molecular formula is C21H30N4O3. The lowest BCUT2D eigenvalue weighted by molar-refractivity contribution is -0.384. The fraction of sp³-hybridized carbons (Fsp3) is 0.667. The third-order valence-electron chi connectivity index (χ3n) is 7.07. The summed E-state index contributed by atoms with van der Waals surface area (Å²) in [5, 5.41) is 14.8. The molecule has 2 bridgehead atoms. The zero-order valence-corrected chi connectivity index (χ0v) is 16.8. The van der Waals surface area contributed by atoms with Crippen LogP contribution in [0, 0.1) is 27.9 Å². The highest BCUT2D eigenvalue weighted by Gasteiger charge is 2.42. The Kier molecular flexibility index (Phi) is 5.27. The van der Waals surface area contributed by atoms with Gasteiger partial charge >= 0.3 is 0 Å². The summed E-state index contributed by atoms with van der Waals surface area (Å²) in [5.41, 5.74) is 1.00. The Labute approximate surface area is 166 Å². The number of nitrogens with zero attached hydrogens (tertiary/aromatic N) is 3. The van der Waals surface area contributed by atoms with Crippen molar-refractivity contribution >= 4 is 17.3 Å². The average molecular weight is 386 g/mol. The van der Waals surface area contributed by atoms with Gasteiger partial charge in [0.25, 0.3) is 11.6 Å². The zero-order valence-electron chi connectivity index (χ0n) is 16.8. The van der Waals surface area contributed by atoms with Gasteiger partial charge < -0.3 is 15.1 Å². The van der Waals surface area contributed by atoms with Crippen LogP contribution in [0.25, 0.3) is 0 Å². The molecule has 1 aromatic rings. The molecule has 7 nitrogen and oxygen atoms in total. The van der Waals surface area contributed by atoms with Crippen molar-refractivity contribution in [2.45, 2.75) is 38.6 Å². The molecule has 1 N–H and O–H groups in total. The first-order valence-corrected chi connectivity index (χ1v) is 10.4. The molecule has 7 heteroatoms. The van der Waals surface area contributed by atoms with Gasteiger partial charge in [0, 0.05) is 43.9 Å². The van der Waals surface area contributed by atoms with Crippen LogP contribution in [0.1, 0.15) is 43.0 Å². The van der Waals surface area contributed by atoms with Gasteiger partial charge in [-0.05, 0) is 63.1 Å². The van der Waals surface area contributed by atoms with E-state index >= 15 is 0 Å². The first kappa shape index (κ1) is 19.2. The van der Waals surface area contributed by atoms with E-state index in [1.165, 1.54) is 31.7 Å². The second-order valence-corrected chi connectivity index (χ2v) is 8.85. The van der Waals surface area contributed by atoms with E-state index in [1.807, 2.05) is 4.90 Å². The van der Waals surface area contributed by atoms with Crippen LogP contribution in [0.3, 0.4) is 0 Å². The van der Waals surface area contributed by atoms with Gasteiger partial charge in [-0.1, -0.05) is 6.42 Å². The van der Waals surface area contributed by atoms with E-state index in [1.54, 1.807) is 12.1 Å². The largest absolute Gasteiger partial charge is 0.363 e. The summed E-state index contributed by atoms with van der Waals surface area (Å²) < 4.78 is 0. The van der Waals surface area contributed by atoms with Crippen molar-refractivity contribution in [3.05, 3.63) is 33.9 Å². The highest BCUT2D eigenvalue weighted by molar-refractivity contribution is 5.96. The first-order valence-electron chi connectivity index (χ1n) is 10.4. The molecule has 1 aliphatic heterocycles. The lowest BCUT2D eigenvalue weighted by atomic mass is 9.84. The number of hydrogen-bond donors (Lipinski definition) is 1. The molecule has 152 valence electrons. The maximum Gasteiger partial charge on any atom is 0.293 e. The summed E-state index contributed by atoms with van der Waals surface area (Å²) in [6.45, 7) is 5.34. The third kappa shape index (κ3) is 3.72. The van der Waals surface area contributed by atoms with Gasteiger partial charge in [0.05, 0.1) is 4.92 Å². The number of amides is 1. The lowest BCUT2D eigenvalue weighted by Crippen LogP contribution is -2.44. The number of fused-ring (bicyclic) bond motifs is 2. The number of rotatable bonds is 5. The Morgan fingerprint density at radius 2 is 1.96 bits per heavy atom. The Morgan fingerprint density at radius 3 is 2.57 bits per heavy atom. The van der Waals surface area contributed by atoms with Crippen LogP contribution in [-0.2, 0) is 0 Å². The predicted octanol–water partition coefficient (Wildman–Crippen LogP) is 2.90. The minimum atomic E-state index is -0.371. The summed E-state index contributed by atoms with van der Waals surface area (Å²) in [6.07, 6.45) is 5.12. The van der Waals surface area contributed by atoms with Crippen LogP contribution in [0.5, 0.6) is 0 Å². The number of nitro benzene ring substituents is 1. The third-order valence-corrected chi connectivity index (χ3v) is 7.07. The maximum absolute atomic E-state index is 12.8. The van der Waals surface area contributed by atoms with Crippen LogP contribution >= 0.6 is 0 Å². The van der Waals surface area contributed by atoms with Gasteiger partial charge in [-0.3, -0.25) is 14.9 Å². The Bertz CT molecular complexity index is 760. The van der Waals surface area contributed by atoms with Crippen LogP contribution in [0.15, 0.2) is 18.2 Å². The van der Waals surface area contributed by atoms with E-state index in [-0.39, 0.29) is 22.6 Å². The molecule has 0 radical (unpaired) electrons. The normalized spacial score (nSPS) is 28.4. The average Bonchev–Trinajstić information content (AvgIpc) is 3.31. The molecule has 3 aliphatic rings. The molecule has 2 aliphatic carbocycles. The predicted molar refractivity (Wildman–Crippen MR) is 109 cm³/mol. The van der Waals surface area contributed by atoms with Gasteiger partial charge in [-0.2, -0.15) is 0 Å². The van der Waals surface area contributed by atoms with Gasteiger partial charge in [-0.15, -0.1) is 0 Å². The van der Waals surface area contributed by atoms with E-state index in [9.17, 15) is 14.9 Å². The molecule has 1 heterocycles. The highest BCUT2D eigenvalue weighted by Crippen LogP contribution is 2.49. The van der Waals surface area contributed by atoms with Crippen molar-refractivity contribution in [3.63, 3.8) is 0 Å². The summed E-state index contributed by atoms with van der Waals surface area (Å²) in [5.74, 6) is 1.90. The van der Waals surface area contributed by atoms with Crippen molar-refractivity contribution in [1.29, 1.82) is 0 Å². The van der Waals surface area contributed by atoms with Crippen molar-refractivity contribution in [2.24, 2.45) is 17.8 Å². The van der Waals surface area contributed by atoms with Crippen LogP contribution in [0.2, 0.25) is 0 Å². The number of nitrogens with one attached hydrogen (secondary N) is 1. The van der Waals surface area contributed by atoms with Gasteiger partial charge in [0.2, 0.25) is 0 Å². The fourth-order valence-electron chi connectivity index (χ4n) is 5.43. The molecule has 28 heavy (non-hydrogen) atoms. The van der Waals surface area contributed by atoms with Crippen LogP contribution in [0.4, 0.5) is 11.4 Å². The number of carbonyl (C=O) groups excluding carboxylic acids is 1. The molecule has 4 rings (SSSR count). The molecule has 0 spiro atoms. The number of piperazine rings is 1. The number of likely N-dealkylation sites (N-methyl/N-ethyl adjacent to an activating group) is 1. The summed E-state index contributed by atoms with van der Waals surface area (Å²) in [4.78, 5) is 28.3. The molecule has 0 aromatic heterocycles. The lowest BCUT2D eigenvalue weighted by Gasteiger charge is -2.33. The van der Waals surface area contributed by atoms with E-state index in [0.29, 0.717) is 17.2 Å². The highest BCUT2D eigenvalue weighted by atomic mass is 16.6. The first-order chi connectivity index (χ1) is 13.4. The van der Waals surface area contributed by atoms with Crippen molar-refractivity contribution in [1.82, 2.24) is 10.2 Å². The standard InChI is InChI=1S/C21H30N4O3/c1-14(18-12-15-3-4-16(18)11-15)22-21(26)17-5-6-19(20(13-17)25(27)28)24-9-7-23(2)8-10-24/h5-6,13-16,18H,3-4,7-12H2,1-2H3,(H,22,26). The van der Waals surface area contributed by atoms with E-state index in [0.717, 1.165) is 38.0 Å². The molecule has 4 unspecified atom stereocenters. The molecule has 1 amide bonds. The quantitative estimate of drug-likeness (QED) is 0.622. The van der Waals surface area contributed by atoms with E-state index in [2.05, 4.69) is 24.2 Å². The number of anilines is 1. The SMILES string of the molecule is CC(NC(=O)c1ccc(N2CCN(C)CC2)c([N+](=O)[O-])c1)C1CC2CCC1C2. The number of nitro groups is 1. The molecular weight excluding hydrogens is 356 g/mol. The monoisotopic (exact) mass is 386 g/mol. The Morgan fingerprint density at radius 1 is 1.21 bits per heavy atom. The minimum Gasteiger partial charge on any atom is -0.363 e. The Balaban J connectivity index is 1.47. The van der Waals surface area contributed by atoms with Crippen LogP contribution < -0.4 is 10.2 Å². The zero-order chi connectivity index (χ0) is 19.8. The van der Waals surface area contributed by atoms with Crippen LogP contribution in [-0.4, -0.2) is 55.0 Å². The van der Waals surface area contributed by atoms with Crippen molar-refractivity contribution < 1.29 is 9.72 Å². The van der Waals surface area contributed by atoms with Gasteiger partial charge in [-0.25, -0.2) is 0 Å². The van der Waals surface area contributed by atoms with Gasteiger partial charge in [0.15, 0.2) is 0 Å². The number of carbonyl (C=O) groups is 1. The van der Waals surface area contributed by atoms with Gasteiger partial charge in [0.1, 0.15) is 5.69 Å². The second-order valence-electron chi connectivity index (χ2n) is 8.85. The molecule has 3 fully saturated rings. The molecule has 1 aromatic carbocycles. The summed E-state index contributed by atoms with van der Waals surface area (Å²) >= 11 is 0. The Hall–Kier alpha value is -2.15. The molecule has 4 atom stereocenters. The topological polar surface area (TPSA) is 78.7 Å². The summed E-state index contributed by atoms with van der Waals surface area (Å²) in [6, 6.07) is 5.01. The molecule has 1 saturated heterocycles. The number of hydrogen-bond acceptors (Lipinski definition) is 5. The molecule has 2 saturated carbocycles. The minimum absolute atomic E-state index is 0.0183. The fourth-order valence-corrected chi connectivity index (χ4v) is 5.43. The van der Waals surface area contributed by atoms with E-state index in [4.69, 9.17) is 0 Å². The van der Waals surface area contributed by atoms with E-state index < -0.39 is 0 Å².